The summed E-state index contributed by atoms with van der Waals surface area (Å²) in [5.41, 5.74) is 2.42. The van der Waals surface area contributed by atoms with Crippen LogP contribution in [0.3, 0.4) is 0 Å². The molecule has 0 radical (unpaired) electrons. The van der Waals surface area contributed by atoms with Gasteiger partial charge in [-0.1, -0.05) is 36.4 Å². The minimum Gasteiger partial charge on any atom is -0.496 e. The van der Waals surface area contributed by atoms with Gasteiger partial charge in [0.1, 0.15) is 22.4 Å². The molecule has 1 amide bonds. The Morgan fingerprint density at radius 1 is 1.09 bits per heavy atom. The van der Waals surface area contributed by atoms with E-state index in [-0.39, 0.29) is 11.1 Å². The molecule has 0 saturated heterocycles. The number of ether oxygens (including phenoxy) is 3. The van der Waals surface area contributed by atoms with Crippen LogP contribution in [0.5, 0.6) is 5.75 Å². The summed E-state index contributed by atoms with van der Waals surface area (Å²) in [6.07, 6.45) is 1.47. The fourth-order valence-electron chi connectivity index (χ4n) is 3.13. The van der Waals surface area contributed by atoms with E-state index in [4.69, 9.17) is 14.2 Å². The highest BCUT2D eigenvalue weighted by Gasteiger charge is 2.21. The second-order valence-electron chi connectivity index (χ2n) is 6.84. The molecule has 1 heterocycles. The van der Waals surface area contributed by atoms with Crippen LogP contribution in [0.4, 0.5) is 5.00 Å². The highest BCUT2D eigenvalue weighted by Crippen LogP contribution is 2.36. The molecule has 3 aromatic rings. The Hall–Kier alpha value is -3.93. The van der Waals surface area contributed by atoms with Gasteiger partial charge in [0.15, 0.2) is 0 Å². The van der Waals surface area contributed by atoms with Crippen molar-refractivity contribution < 1.29 is 23.8 Å². The third-order valence-corrected chi connectivity index (χ3v) is 5.80. The van der Waals surface area contributed by atoms with Gasteiger partial charge in [0.2, 0.25) is 0 Å². The Kier molecular flexibility index (Phi) is 7.97. The molecule has 0 aliphatic carbocycles. The molecular formula is C25H22N2O5S. The van der Waals surface area contributed by atoms with Gasteiger partial charge in [-0.2, -0.15) is 5.26 Å². The summed E-state index contributed by atoms with van der Waals surface area (Å²) in [5, 5.41) is 12.6. The van der Waals surface area contributed by atoms with E-state index in [2.05, 4.69) is 5.32 Å². The van der Waals surface area contributed by atoms with Crippen molar-refractivity contribution in [1.82, 2.24) is 0 Å². The van der Waals surface area contributed by atoms with Crippen molar-refractivity contribution in [1.29, 1.82) is 5.26 Å². The summed E-state index contributed by atoms with van der Waals surface area (Å²) in [4.78, 5) is 26.0. The van der Waals surface area contributed by atoms with Gasteiger partial charge in [-0.3, -0.25) is 4.79 Å². The number of nitriles is 1. The molecule has 0 fully saturated rings. The number of carbonyl (C=O) groups is 2. The number of amides is 1. The summed E-state index contributed by atoms with van der Waals surface area (Å²) in [6, 6.07) is 18.3. The number of esters is 1. The number of benzene rings is 2. The van der Waals surface area contributed by atoms with Gasteiger partial charge in [-0.25, -0.2) is 4.79 Å². The molecule has 1 aromatic heterocycles. The fourth-order valence-corrected chi connectivity index (χ4v) is 4.18. The number of hydrogen-bond acceptors (Lipinski definition) is 7. The van der Waals surface area contributed by atoms with Crippen LogP contribution in [0.25, 0.3) is 16.5 Å². The third kappa shape index (κ3) is 5.66. The van der Waals surface area contributed by atoms with Crippen LogP contribution < -0.4 is 10.1 Å². The summed E-state index contributed by atoms with van der Waals surface area (Å²) < 4.78 is 15.4. The lowest BCUT2D eigenvalue weighted by atomic mass is 10.1. The first kappa shape index (κ1) is 23.7. The van der Waals surface area contributed by atoms with Gasteiger partial charge >= 0.3 is 5.97 Å². The van der Waals surface area contributed by atoms with E-state index in [0.717, 1.165) is 16.0 Å². The van der Waals surface area contributed by atoms with Crippen molar-refractivity contribution in [3.8, 4) is 22.3 Å². The van der Waals surface area contributed by atoms with Gasteiger partial charge in [0, 0.05) is 17.6 Å². The van der Waals surface area contributed by atoms with Crippen LogP contribution in [0, 0.1) is 11.3 Å². The molecule has 3 rings (SSSR count). The number of nitrogens with zero attached hydrogens (tertiary/aromatic N) is 1. The molecule has 0 bridgehead atoms. The molecule has 2 aromatic carbocycles. The van der Waals surface area contributed by atoms with Crippen LogP contribution in [-0.2, 0) is 20.9 Å². The monoisotopic (exact) mass is 462 g/mol. The minimum absolute atomic E-state index is 0.117. The molecule has 168 valence electrons. The molecule has 0 saturated carbocycles. The van der Waals surface area contributed by atoms with Crippen molar-refractivity contribution in [2.24, 2.45) is 0 Å². The quantitative estimate of drug-likeness (QED) is 0.290. The van der Waals surface area contributed by atoms with Crippen molar-refractivity contribution >= 4 is 34.3 Å². The van der Waals surface area contributed by atoms with E-state index in [1.165, 1.54) is 24.5 Å². The number of rotatable bonds is 8. The van der Waals surface area contributed by atoms with Crippen molar-refractivity contribution in [2.75, 3.05) is 26.6 Å². The number of anilines is 1. The van der Waals surface area contributed by atoms with Crippen molar-refractivity contribution in [3.05, 3.63) is 76.9 Å². The molecule has 0 aliphatic heterocycles. The lowest BCUT2D eigenvalue weighted by Gasteiger charge is -2.09. The highest BCUT2D eigenvalue weighted by molar-refractivity contribution is 7.20. The van der Waals surface area contributed by atoms with E-state index >= 15 is 0 Å². The van der Waals surface area contributed by atoms with Crippen LogP contribution >= 0.6 is 11.3 Å². The Morgan fingerprint density at radius 2 is 1.85 bits per heavy atom. The number of hydrogen-bond donors (Lipinski definition) is 1. The molecule has 0 unspecified atom stereocenters. The van der Waals surface area contributed by atoms with Gasteiger partial charge in [-0.05, 0) is 35.4 Å². The molecule has 8 heteroatoms. The van der Waals surface area contributed by atoms with E-state index in [0.29, 0.717) is 22.9 Å². The van der Waals surface area contributed by atoms with Gasteiger partial charge in [-0.15, -0.1) is 11.3 Å². The summed E-state index contributed by atoms with van der Waals surface area (Å²) in [7, 11) is 4.40. The third-order valence-electron chi connectivity index (χ3n) is 4.70. The Bertz CT molecular complexity index is 1230. The Labute approximate surface area is 195 Å². The zero-order chi connectivity index (χ0) is 23.8. The second-order valence-corrected chi connectivity index (χ2v) is 7.89. The summed E-state index contributed by atoms with van der Waals surface area (Å²) in [5.74, 6) is -0.564. The SMILES string of the molecule is COCc1cc(C=C(C#N)C(=O)Nc2sc(-c3ccccc3)cc2C(=O)OC)ccc1OC. The first-order valence-corrected chi connectivity index (χ1v) is 10.7. The maximum Gasteiger partial charge on any atom is 0.340 e. The predicted molar refractivity (Wildman–Crippen MR) is 127 cm³/mol. The van der Waals surface area contributed by atoms with E-state index < -0.39 is 11.9 Å². The molecule has 33 heavy (non-hydrogen) atoms. The average molecular weight is 463 g/mol. The van der Waals surface area contributed by atoms with Gasteiger partial charge in [0.05, 0.1) is 26.4 Å². The largest absolute Gasteiger partial charge is 0.496 e. The standard InChI is InChI=1S/C25H22N2O5S/c1-30-15-19-12-16(9-10-21(19)31-2)11-18(14-26)23(28)27-24-20(25(29)32-3)13-22(33-24)17-7-5-4-6-8-17/h4-13H,15H2,1-3H3,(H,27,28). The molecule has 1 N–H and O–H groups in total. The zero-order valence-corrected chi connectivity index (χ0v) is 19.2. The number of carbonyl (C=O) groups excluding carboxylic acids is 2. The minimum atomic E-state index is -0.631. The van der Waals surface area contributed by atoms with Crippen molar-refractivity contribution in [2.45, 2.75) is 6.61 Å². The number of nitrogens with one attached hydrogen (secondary N) is 1. The summed E-state index contributed by atoms with van der Waals surface area (Å²) >= 11 is 1.23. The van der Waals surface area contributed by atoms with Gasteiger partial charge < -0.3 is 19.5 Å². The zero-order valence-electron chi connectivity index (χ0n) is 18.4. The molecule has 0 atom stereocenters. The van der Waals surface area contributed by atoms with Gasteiger partial charge in [0.25, 0.3) is 5.91 Å². The lowest BCUT2D eigenvalue weighted by Crippen LogP contribution is -2.15. The maximum absolute atomic E-state index is 12.9. The maximum atomic E-state index is 12.9. The number of methoxy groups -OCH3 is 3. The fraction of sp³-hybridized carbons (Fsp3) is 0.160. The summed E-state index contributed by atoms with van der Waals surface area (Å²) in [6.45, 7) is 0.318. The number of thiophene rings is 1. The first-order chi connectivity index (χ1) is 16.0. The highest BCUT2D eigenvalue weighted by atomic mass is 32.1. The Balaban J connectivity index is 1.92. The van der Waals surface area contributed by atoms with Crippen molar-refractivity contribution in [3.63, 3.8) is 0 Å². The van der Waals surface area contributed by atoms with Crippen LogP contribution in [0.2, 0.25) is 0 Å². The lowest BCUT2D eigenvalue weighted by molar-refractivity contribution is -0.112. The molecule has 7 nitrogen and oxygen atoms in total. The topological polar surface area (TPSA) is 97.7 Å². The van der Waals surface area contributed by atoms with E-state index in [9.17, 15) is 14.9 Å². The Morgan fingerprint density at radius 3 is 2.48 bits per heavy atom. The molecule has 0 aliphatic rings. The average Bonchev–Trinajstić information content (AvgIpc) is 3.26. The molecular weight excluding hydrogens is 440 g/mol. The molecule has 0 spiro atoms. The smallest absolute Gasteiger partial charge is 0.340 e. The van der Waals surface area contributed by atoms with Crippen LogP contribution in [-0.4, -0.2) is 33.2 Å². The normalized spacial score (nSPS) is 10.9. The van der Waals surface area contributed by atoms with Crippen LogP contribution in [0.1, 0.15) is 21.5 Å². The predicted octanol–water partition coefficient (Wildman–Crippen LogP) is 4.90. The van der Waals surface area contributed by atoms with E-state index in [1.807, 2.05) is 36.4 Å². The van der Waals surface area contributed by atoms with E-state index in [1.54, 1.807) is 38.5 Å². The van der Waals surface area contributed by atoms with Crippen LogP contribution in [0.15, 0.2) is 60.2 Å². The second kappa shape index (κ2) is 11.1. The first-order valence-electron chi connectivity index (χ1n) is 9.87.